The summed E-state index contributed by atoms with van der Waals surface area (Å²) in [5.74, 6) is 1.84. The average molecular weight is 408 g/mol. The Labute approximate surface area is 180 Å². The Morgan fingerprint density at radius 2 is 1.80 bits per heavy atom. The van der Waals surface area contributed by atoms with E-state index in [2.05, 4.69) is 49.9 Å². The van der Waals surface area contributed by atoms with Gasteiger partial charge in [-0.25, -0.2) is 0 Å². The fourth-order valence-electron chi connectivity index (χ4n) is 5.21. The molecule has 1 aliphatic carbocycles. The fraction of sp³-hybridized carbons (Fsp3) is 0.500. The molecular weight excluding hydrogens is 374 g/mol. The van der Waals surface area contributed by atoms with Crippen LogP contribution in [-0.4, -0.2) is 35.7 Å². The highest BCUT2D eigenvalue weighted by Crippen LogP contribution is 2.46. The van der Waals surface area contributed by atoms with Gasteiger partial charge in [0.25, 0.3) is 0 Å². The summed E-state index contributed by atoms with van der Waals surface area (Å²) in [7, 11) is 1.63. The van der Waals surface area contributed by atoms with Gasteiger partial charge in [0.05, 0.1) is 13.2 Å². The maximum Gasteiger partial charge on any atom is 0.206 e. The van der Waals surface area contributed by atoms with Crippen LogP contribution in [0.5, 0.6) is 5.75 Å². The van der Waals surface area contributed by atoms with E-state index in [9.17, 15) is 4.79 Å². The first-order valence-corrected chi connectivity index (χ1v) is 11.0. The summed E-state index contributed by atoms with van der Waals surface area (Å²) in [4.78, 5) is 15.9. The molecule has 4 atom stereocenters. The summed E-state index contributed by atoms with van der Waals surface area (Å²) in [5.41, 5.74) is 1.73. The van der Waals surface area contributed by atoms with Crippen molar-refractivity contribution in [2.45, 2.75) is 64.4 Å². The second-order valence-corrected chi connectivity index (χ2v) is 9.41. The van der Waals surface area contributed by atoms with Gasteiger partial charge < -0.3 is 9.47 Å². The molecule has 0 unspecified atom stereocenters. The predicted molar refractivity (Wildman–Crippen MR) is 119 cm³/mol. The predicted octanol–water partition coefficient (Wildman–Crippen LogP) is 5.32. The Morgan fingerprint density at radius 1 is 1.10 bits per heavy atom. The van der Waals surface area contributed by atoms with Crippen LogP contribution in [0.4, 0.5) is 0 Å². The summed E-state index contributed by atoms with van der Waals surface area (Å²) in [6.07, 6.45) is 2.94. The van der Waals surface area contributed by atoms with Crippen molar-refractivity contribution in [3.05, 3.63) is 65.7 Å². The fourth-order valence-corrected chi connectivity index (χ4v) is 5.21. The van der Waals surface area contributed by atoms with Gasteiger partial charge in [-0.2, -0.15) is 0 Å². The van der Waals surface area contributed by atoms with Crippen LogP contribution in [0.3, 0.4) is 0 Å². The molecule has 4 heteroatoms. The van der Waals surface area contributed by atoms with Gasteiger partial charge in [0.2, 0.25) is 5.78 Å². The van der Waals surface area contributed by atoms with Gasteiger partial charge in [-0.05, 0) is 62.4 Å². The number of hydrogen-bond acceptors (Lipinski definition) is 4. The van der Waals surface area contributed by atoms with E-state index < -0.39 is 6.23 Å². The molecule has 2 aliphatic rings. The number of ketones is 1. The summed E-state index contributed by atoms with van der Waals surface area (Å²) >= 11 is 0. The molecule has 2 aromatic rings. The highest BCUT2D eigenvalue weighted by atomic mass is 16.5. The first-order chi connectivity index (χ1) is 14.4. The van der Waals surface area contributed by atoms with E-state index in [0.29, 0.717) is 23.9 Å². The van der Waals surface area contributed by atoms with E-state index in [1.54, 1.807) is 7.11 Å². The zero-order chi connectivity index (χ0) is 21.3. The molecule has 0 N–H and O–H groups in total. The van der Waals surface area contributed by atoms with Gasteiger partial charge in [0.1, 0.15) is 5.75 Å². The van der Waals surface area contributed by atoms with Crippen LogP contribution in [-0.2, 0) is 11.3 Å². The van der Waals surface area contributed by atoms with Crippen molar-refractivity contribution in [3.63, 3.8) is 0 Å². The summed E-state index contributed by atoms with van der Waals surface area (Å²) in [5, 5.41) is 0. The molecular formula is C26H33NO3. The standard InChI is InChI=1S/C26H33NO3/c1-18-10-15-22-23(16-18)30-25(24(28)20-11-13-21(29-4)14-12-20)27(26(22,2)3)17-19-8-6-5-7-9-19/h5-9,11-14,18,22-23,25H,10,15-17H2,1-4H3/t18-,22-,23-,25+/m1/s1. The molecule has 0 radical (unpaired) electrons. The number of Topliss-reactive ketones (excluding diaryl/α,β-unsaturated/α-hetero) is 1. The van der Waals surface area contributed by atoms with E-state index in [0.717, 1.165) is 18.6 Å². The van der Waals surface area contributed by atoms with Crippen molar-refractivity contribution in [2.75, 3.05) is 7.11 Å². The highest BCUT2D eigenvalue weighted by Gasteiger charge is 2.52. The lowest BCUT2D eigenvalue weighted by Crippen LogP contribution is -2.66. The van der Waals surface area contributed by atoms with Crippen molar-refractivity contribution in [3.8, 4) is 5.75 Å². The topological polar surface area (TPSA) is 38.8 Å². The van der Waals surface area contributed by atoms with E-state index in [1.807, 2.05) is 30.3 Å². The molecule has 0 amide bonds. The Morgan fingerprint density at radius 3 is 2.47 bits per heavy atom. The van der Waals surface area contributed by atoms with Crippen molar-refractivity contribution < 1.29 is 14.3 Å². The van der Waals surface area contributed by atoms with Crippen molar-refractivity contribution >= 4 is 5.78 Å². The number of ether oxygens (including phenoxy) is 2. The number of hydrogen-bond donors (Lipinski definition) is 0. The number of benzene rings is 2. The number of fused-ring (bicyclic) bond motifs is 1. The third kappa shape index (κ3) is 4.03. The van der Waals surface area contributed by atoms with Crippen molar-refractivity contribution in [2.24, 2.45) is 11.8 Å². The van der Waals surface area contributed by atoms with Gasteiger partial charge in [-0.15, -0.1) is 0 Å². The normalized spacial score (nSPS) is 28.5. The number of carbonyl (C=O) groups is 1. The molecule has 1 saturated heterocycles. The van der Waals surface area contributed by atoms with Crippen LogP contribution in [0.15, 0.2) is 54.6 Å². The van der Waals surface area contributed by atoms with Crippen LogP contribution in [0.2, 0.25) is 0 Å². The largest absolute Gasteiger partial charge is 0.497 e. The molecule has 160 valence electrons. The zero-order valence-corrected chi connectivity index (χ0v) is 18.5. The monoisotopic (exact) mass is 407 g/mol. The quantitative estimate of drug-likeness (QED) is 0.629. The number of rotatable bonds is 5. The molecule has 4 rings (SSSR count). The minimum atomic E-state index is -0.583. The van der Waals surface area contributed by atoms with E-state index in [4.69, 9.17) is 9.47 Å². The lowest BCUT2D eigenvalue weighted by Gasteiger charge is -2.56. The maximum absolute atomic E-state index is 13.6. The molecule has 0 spiro atoms. The number of nitrogens with zero attached hydrogens (tertiary/aromatic N) is 1. The van der Waals surface area contributed by atoms with E-state index >= 15 is 0 Å². The lowest BCUT2D eigenvalue weighted by molar-refractivity contribution is -0.217. The molecule has 1 aliphatic heterocycles. The van der Waals surface area contributed by atoms with Crippen LogP contribution in [0.1, 0.15) is 56.0 Å². The molecule has 0 aromatic heterocycles. The minimum Gasteiger partial charge on any atom is -0.497 e. The molecule has 0 bridgehead atoms. The lowest BCUT2D eigenvalue weighted by atomic mass is 9.69. The average Bonchev–Trinajstić information content (AvgIpc) is 2.75. The van der Waals surface area contributed by atoms with Gasteiger partial charge in [0, 0.05) is 23.6 Å². The second kappa shape index (κ2) is 8.52. The first kappa shape index (κ1) is 21.1. The third-order valence-corrected chi connectivity index (χ3v) is 7.08. The van der Waals surface area contributed by atoms with Gasteiger partial charge in [-0.3, -0.25) is 9.69 Å². The zero-order valence-electron chi connectivity index (χ0n) is 18.5. The Hall–Kier alpha value is -2.17. The van der Waals surface area contributed by atoms with Crippen LogP contribution in [0.25, 0.3) is 0 Å². The minimum absolute atomic E-state index is 0.0262. The Balaban J connectivity index is 1.68. The maximum atomic E-state index is 13.6. The van der Waals surface area contributed by atoms with Gasteiger partial charge >= 0.3 is 0 Å². The smallest absolute Gasteiger partial charge is 0.206 e. The summed E-state index contributed by atoms with van der Waals surface area (Å²) < 4.78 is 11.9. The van der Waals surface area contributed by atoms with Crippen LogP contribution in [0, 0.1) is 11.8 Å². The van der Waals surface area contributed by atoms with Crippen LogP contribution >= 0.6 is 0 Å². The number of carbonyl (C=O) groups excluding carboxylic acids is 1. The van der Waals surface area contributed by atoms with Crippen LogP contribution < -0.4 is 4.74 Å². The van der Waals surface area contributed by atoms with Gasteiger partial charge in [0.15, 0.2) is 6.23 Å². The Bertz CT molecular complexity index is 862. The van der Waals surface area contributed by atoms with E-state index in [1.165, 1.54) is 12.0 Å². The summed E-state index contributed by atoms with van der Waals surface area (Å²) in [6, 6.07) is 17.8. The Kier molecular flexibility index (Phi) is 5.99. The summed E-state index contributed by atoms with van der Waals surface area (Å²) in [6.45, 7) is 7.57. The molecule has 2 aromatic carbocycles. The molecule has 30 heavy (non-hydrogen) atoms. The van der Waals surface area contributed by atoms with Crippen molar-refractivity contribution in [1.82, 2.24) is 4.90 Å². The second-order valence-electron chi connectivity index (χ2n) is 9.41. The molecule has 1 heterocycles. The van der Waals surface area contributed by atoms with Crippen molar-refractivity contribution in [1.29, 1.82) is 0 Å². The molecule has 1 saturated carbocycles. The number of methoxy groups -OCH3 is 1. The molecule has 4 nitrogen and oxygen atoms in total. The third-order valence-electron chi connectivity index (χ3n) is 7.08. The highest BCUT2D eigenvalue weighted by molar-refractivity contribution is 5.99. The molecule has 2 fully saturated rings. The van der Waals surface area contributed by atoms with Gasteiger partial charge in [-0.1, -0.05) is 43.7 Å². The van der Waals surface area contributed by atoms with E-state index in [-0.39, 0.29) is 17.4 Å². The SMILES string of the molecule is COc1ccc(C(=O)[C@@H]2O[C@@H]3C[C@H](C)CC[C@H]3C(C)(C)N2Cc2ccccc2)cc1. The first-order valence-electron chi connectivity index (χ1n) is 11.0.